The van der Waals surface area contributed by atoms with Gasteiger partial charge in [0.25, 0.3) is 0 Å². The summed E-state index contributed by atoms with van der Waals surface area (Å²) in [7, 11) is 0. The molecule has 2 saturated carbocycles. The first kappa shape index (κ1) is 7.34. The largest absolute Gasteiger partial charge is 0.313 e. The summed E-state index contributed by atoms with van der Waals surface area (Å²) in [6.45, 7) is 0. The van der Waals surface area contributed by atoms with Gasteiger partial charge in [-0.25, -0.2) is 0 Å². The van der Waals surface area contributed by atoms with Crippen LogP contribution in [-0.4, -0.2) is 22.4 Å². The van der Waals surface area contributed by atoms with E-state index in [0.29, 0.717) is 12.1 Å². The van der Waals surface area contributed by atoms with Crippen molar-refractivity contribution in [2.75, 3.05) is 0 Å². The molecule has 2 heteroatoms. The van der Waals surface area contributed by atoms with Crippen LogP contribution in [-0.2, 0) is 0 Å². The summed E-state index contributed by atoms with van der Waals surface area (Å²) in [5.41, 5.74) is 0. The second-order valence-electron chi connectivity index (χ2n) is 4.94. The van der Waals surface area contributed by atoms with Crippen LogP contribution in [0.1, 0.15) is 38.5 Å². The molecule has 68 valence electrons. The van der Waals surface area contributed by atoms with E-state index in [1.807, 2.05) is 0 Å². The van der Waals surface area contributed by atoms with Gasteiger partial charge in [-0.1, -0.05) is 12.8 Å². The predicted molar refractivity (Wildman–Crippen MR) is 45.9 cm³/mol. The molecule has 0 atom stereocenters. The average Bonchev–Trinajstić information content (AvgIpc) is 2.27. The molecular weight excluding hydrogens is 150 g/mol. The average molecular weight is 167 g/mol. The highest BCUT2D eigenvalue weighted by atomic mass is 16.5. The zero-order valence-electron chi connectivity index (χ0n) is 7.45. The van der Waals surface area contributed by atoms with Gasteiger partial charge in [-0.15, -0.1) is 0 Å². The van der Waals surface area contributed by atoms with Gasteiger partial charge < -0.3 is 5.21 Å². The van der Waals surface area contributed by atoms with Crippen LogP contribution in [0.4, 0.5) is 0 Å². The Hall–Kier alpha value is -0.0800. The Labute approximate surface area is 73.5 Å². The van der Waals surface area contributed by atoms with E-state index in [4.69, 9.17) is 0 Å². The molecule has 4 bridgehead atoms. The molecule has 2 aliphatic heterocycles. The van der Waals surface area contributed by atoms with Crippen molar-refractivity contribution in [1.29, 1.82) is 0 Å². The lowest BCUT2D eigenvalue weighted by atomic mass is 9.80. The van der Waals surface area contributed by atoms with Crippen LogP contribution in [0.25, 0.3) is 0 Å². The van der Waals surface area contributed by atoms with Crippen LogP contribution in [0.3, 0.4) is 0 Å². The number of piperidine rings is 2. The molecule has 2 aliphatic carbocycles. The van der Waals surface area contributed by atoms with Crippen LogP contribution in [0, 0.1) is 11.8 Å². The van der Waals surface area contributed by atoms with Crippen molar-refractivity contribution in [3.63, 3.8) is 0 Å². The Morgan fingerprint density at radius 3 is 1.67 bits per heavy atom. The molecule has 0 aromatic heterocycles. The van der Waals surface area contributed by atoms with Crippen molar-refractivity contribution >= 4 is 0 Å². The van der Waals surface area contributed by atoms with E-state index in [9.17, 15) is 5.21 Å². The molecule has 0 radical (unpaired) electrons. The normalized spacial score (nSPS) is 52.8. The molecule has 4 rings (SSSR count). The summed E-state index contributed by atoms with van der Waals surface area (Å²) in [4.78, 5) is 0. The Kier molecular flexibility index (Phi) is 1.50. The number of hydrogen-bond acceptors (Lipinski definition) is 2. The van der Waals surface area contributed by atoms with Crippen LogP contribution in [0.2, 0.25) is 0 Å². The molecule has 2 heterocycles. The minimum absolute atomic E-state index is 0.523. The van der Waals surface area contributed by atoms with Gasteiger partial charge in [0.15, 0.2) is 0 Å². The summed E-state index contributed by atoms with van der Waals surface area (Å²) >= 11 is 0. The van der Waals surface area contributed by atoms with Gasteiger partial charge in [0.05, 0.1) is 0 Å². The molecule has 1 N–H and O–H groups in total. The molecule has 4 aliphatic rings. The highest BCUT2D eigenvalue weighted by Crippen LogP contribution is 2.45. The van der Waals surface area contributed by atoms with Gasteiger partial charge in [0.1, 0.15) is 0 Å². The summed E-state index contributed by atoms with van der Waals surface area (Å²) in [5, 5.41) is 11.5. The maximum atomic E-state index is 9.79. The molecule has 12 heavy (non-hydrogen) atoms. The third-order valence-electron chi connectivity index (χ3n) is 4.15. The summed E-state index contributed by atoms with van der Waals surface area (Å²) < 4.78 is 0. The van der Waals surface area contributed by atoms with E-state index in [2.05, 4.69) is 0 Å². The molecule has 0 unspecified atom stereocenters. The molecule has 0 amide bonds. The lowest BCUT2D eigenvalue weighted by Crippen LogP contribution is -2.50. The summed E-state index contributed by atoms with van der Waals surface area (Å²) in [6, 6.07) is 1.05. The second-order valence-corrected chi connectivity index (χ2v) is 4.94. The molecular formula is C10H17NO. The maximum Gasteiger partial charge on any atom is 0.0358 e. The first-order chi connectivity index (χ1) is 5.83. The quantitative estimate of drug-likeness (QED) is 0.596. The van der Waals surface area contributed by atoms with Gasteiger partial charge in [-0.3, -0.25) is 0 Å². The SMILES string of the molecule is ON1C2CC3CCC(C2)CC1C3. The fourth-order valence-electron chi connectivity index (χ4n) is 3.60. The van der Waals surface area contributed by atoms with E-state index < -0.39 is 0 Å². The summed E-state index contributed by atoms with van der Waals surface area (Å²) in [5.74, 6) is 1.88. The number of hydrogen-bond donors (Lipinski definition) is 1. The summed E-state index contributed by atoms with van der Waals surface area (Å²) in [6.07, 6.45) is 7.94. The Morgan fingerprint density at radius 2 is 1.25 bits per heavy atom. The van der Waals surface area contributed by atoms with E-state index in [0.717, 1.165) is 11.8 Å². The molecule has 2 nitrogen and oxygen atoms in total. The van der Waals surface area contributed by atoms with Crippen LogP contribution in [0.5, 0.6) is 0 Å². The second kappa shape index (κ2) is 2.46. The minimum atomic E-state index is 0.523. The molecule has 2 saturated heterocycles. The van der Waals surface area contributed by atoms with Crippen molar-refractivity contribution in [2.45, 2.75) is 50.6 Å². The smallest absolute Gasteiger partial charge is 0.0358 e. The highest BCUT2D eigenvalue weighted by molar-refractivity contribution is 4.95. The predicted octanol–water partition coefficient (Wildman–Crippen LogP) is 2.03. The monoisotopic (exact) mass is 167 g/mol. The molecule has 4 fully saturated rings. The fourth-order valence-corrected chi connectivity index (χ4v) is 3.60. The first-order valence-corrected chi connectivity index (χ1v) is 5.30. The lowest BCUT2D eigenvalue weighted by molar-refractivity contribution is -0.205. The Bertz CT molecular complexity index is 162. The minimum Gasteiger partial charge on any atom is -0.313 e. The fraction of sp³-hybridized carbons (Fsp3) is 1.00. The lowest BCUT2D eigenvalue weighted by Gasteiger charge is -2.44. The number of rotatable bonds is 0. The van der Waals surface area contributed by atoms with Crippen LogP contribution in [0.15, 0.2) is 0 Å². The van der Waals surface area contributed by atoms with Gasteiger partial charge in [-0.2, -0.15) is 5.06 Å². The Morgan fingerprint density at radius 1 is 0.833 bits per heavy atom. The van der Waals surface area contributed by atoms with Crippen molar-refractivity contribution in [1.82, 2.24) is 5.06 Å². The zero-order chi connectivity index (χ0) is 8.13. The van der Waals surface area contributed by atoms with Crippen molar-refractivity contribution < 1.29 is 5.21 Å². The Balaban J connectivity index is 1.91. The van der Waals surface area contributed by atoms with E-state index in [1.54, 1.807) is 5.06 Å². The number of fused-ring (bicyclic) bond motifs is 1. The van der Waals surface area contributed by atoms with E-state index in [-0.39, 0.29) is 0 Å². The van der Waals surface area contributed by atoms with E-state index in [1.165, 1.54) is 38.5 Å². The maximum absolute atomic E-state index is 9.79. The number of nitrogens with zero attached hydrogens (tertiary/aromatic N) is 1. The number of hydroxylamine groups is 2. The molecule has 0 aromatic carbocycles. The van der Waals surface area contributed by atoms with Crippen molar-refractivity contribution in [3.8, 4) is 0 Å². The van der Waals surface area contributed by atoms with Crippen molar-refractivity contribution in [3.05, 3.63) is 0 Å². The van der Waals surface area contributed by atoms with Crippen molar-refractivity contribution in [2.24, 2.45) is 11.8 Å². The molecule has 0 spiro atoms. The van der Waals surface area contributed by atoms with Crippen LogP contribution >= 0.6 is 0 Å². The standard InChI is InChI=1S/C10H17NO/c12-11-9-3-7-1-2-8(5-9)6-10(11)4-7/h7-10,12H,1-6H2. The van der Waals surface area contributed by atoms with Gasteiger partial charge in [0.2, 0.25) is 0 Å². The third kappa shape index (κ3) is 0.944. The molecule has 0 aromatic rings. The third-order valence-corrected chi connectivity index (χ3v) is 4.15. The van der Waals surface area contributed by atoms with Gasteiger partial charge >= 0.3 is 0 Å². The topological polar surface area (TPSA) is 23.5 Å². The first-order valence-electron chi connectivity index (χ1n) is 5.30. The van der Waals surface area contributed by atoms with Gasteiger partial charge in [0, 0.05) is 12.1 Å². The zero-order valence-corrected chi connectivity index (χ0v) is 7.45. The van der Waals surface area contributed by atoms with Gasteiger partial charge in [-0.05, 0) is 37.5 Å². The van der Waals surface area contributed by atoms with E-state index >= 15 is 0 Å². The highest BCUT2D eigenvalue weighted by Gasteiger charge is 2.43. The van der Waals surface area contributed by atoms with Crippen LogP contribution < -0.4 is 0 Å².